The van der Waals surface area contributed by atoms with Gasteiger partial charge in [-0.1, -0.05) is 32.0 Å². The van der Waals surface area contributed by atoms with E-state index < -0.39 is 23.2 Å². The highest BCUT2D eigenvalue weighted by Crippen LogP contribution is 2.49. The van der Waals surface area contributed by atoms with Crippen molar-refractivity contribution >= 4 is 18.3 Å². The van der Waals surface area contributed by atoms with Crippen LogP contribution in [0.25, 0.3) is 0 Å². The number of para-hydroxylation sites is 1. The number of hydrogen-bond acceptors (Lipinski definition) is 4. The molecular formula is C17H24ClF3N2O3. The molecule has 9 heteroatoms. The van der Waals surface area contributed by atoms with Crippen molar-refractivity contribution in [2.24, 2.45) is 11.1 Å². The molecule has 3 N–H and O–H groups in total. The molecule has 1 aliphatic rings. The zero-order chi connectivity index (χ0) is 18.9. The SMILES string of the molecule is CCOC1CC(N)(C(=O)NCc2ccccc2OC(F)(F)F)C1(C)C.Cl. The molecule has 5 nitrogen and oxygen atoms in total. The third-order valence-corrected chi connectivity index (χ3v) is 4.87. The standard InChI is InChI=1S/C17H23F3N2O3.ClH/c1-4-24-13-9-16(21,15(13,2)3)14(23)22-10-11-7-5-6-8-12(11)25-17(18,19)20;/h5-8,13H,4,9-10,21H2,1-3H3,(H,22,23);1H. The summed E-state index contributed by atoms with van der Waals surface area (Å²) in [6.45, 7) is 5.96. The minimum Gasteiger partial charge on any atom is -0.405 e. The summed E-state index contributed by atoms with van der Waals surface area (Å²) in [5, 5.41) is 2.62. The van der Waals surface area contributed by atoms with E-state index in [0.717, 1.165) is 0 Å². The van der Waals surface area contributed by atoms with Gasteiger partial charge in [-0.25, -0.2) is 0 Å². The molecule has 0 aromatic heterocycles. The number of hydrogen-bond donors (Lipinski definition) is 2. The number of carbonyl (C=O) groups excluding carboxylic acids is 1. The predicted molar refractivity (Wildman–Crippen MR) is 93.0 cm³/mol. The molecule has 0 radical (unpaired) electrons. The number of ether oxygens (including phenoxy) is 2. The molecule has 1 fully saturated rings. The van der Waals surface area contributed by atoms with Crippen LogP contribution in [0.15, 0.2) is 24.3 Å². The summed E-state index contributed by atoms with van der Waals surface area (Å²) in [6, 6.07) is 5.66. The smallest absolute Gasteiger partial charge is 0.405 e. The molecule has 148 valence electrons. The van der Waals surface area contributed by atoms with Crippen LogP contribution in [0, 0.1) is 5.41 Å². The maximum Gasteiger partial charge on any atom is 0.573 e. The number of halogens is 4. The summed E-state index contributed by atoms with van der Waals surface area (Å²) < 4.78 is 46.9. The Morgan fingerprint density at radius 1 is 1.35 bits per heavy atom. The van der Waals surface area contributed by atoms with E-state index in [-0.39, 0.29) is 36.4 Å². The second-order valence-corrected chi connectivity index (χ2v) is 6.68. The largest absolute Gasteiger partial charge is 0.573 e. The average Bonchev–Trinajstić information content (AvgIpc) is 2.51. The van der Waals surface area contributed by atoms with Gasteiger partial charge in [-0.05, 0) is 13.0 Å². The van der Waals surface area contributed by atoms with Crippen LogP contribution < -0.4 is 15.8 Å². The Balaban J connectivity index is 0.00000338. The van der Waals surface area contributed by atoms with Crippen LogP contribution in [0.5, 0.6) is 5.75 Å². The van der Waals surface area contributed by atoms with E-state index in [9.17, 15) is 18.0 Å². The predicted octanol–water partition coefficient (Wildman–Crippen LogP) is 3.16. The maximum atomic E-state index is 12.5. The highest BCUT2D eigenvalue weighted by Gasteiger charge is 2.62. The van der Waals surface area contributed by atoms with Gasteiger partial charge in [0.2, 0.25) is 5.91 Å². The van der Waals surface area contributed by atoms with Gasteiger partial charge >= 0.3 is 6.36 Å². The summed E-state index contributed by atoms with van der Waals surface area (Å²) in [7, 11) is 0. The van der Waals surface area contributed by atoms with Crippen LogP contribution >= 0.6 is 12.4 Å². The Labute approximate surface area is 156 Å². The van der Waals surface area contributed by atoms with Crippen LogP contribution in [-0.4, -0.2) is 30.5 Å². The lowest BCUT2D eigenvalue weighted by molar-refractivity contribution is -0.274. The first kappa shape index (κ1) is 22.5. The lowest BCUT2D eigenvalue weighted by Crippen LogP contribution is -2.75. The fourth-order valence-electron chi connectivity index (χ4n) is 3.03. The number of nitrogens with two attached hydrogens (primary N) is 1. The van der Waals surface area contributed by atoms with Gasteiger partial charge in [0.05, 0.1) is 6.10 Å². The third kappa shape index (κ3) is 4.42. The minimum atomic E-state index is -4.80. The molecule has 0 heterocycles. The van der Waals surface area contributed by atoms with Gasteiger partial charge in [0.25, 0.3) is 0 Å². The molecule has 1 saturated carbocycles. The number of alkyl halides is 3. The molecule has 1 aromatic carbocycles. The monoisotopic (exact) mass is 396 g/mol. The van der Waals surface area contributed by atoms with Gasteiger partial charge in [0.1, 0.15) is 11.3 Å². The second-order valence-electron chi connectivity index (χ2n) is 6.68. The van der Waals surface area contributed by atoms with E-state index in [0.29, 0.717) is 13.0 Å². The first-order valence-electron chi connectivity index (χ1n) is 8.03. The highest BCUT2D eigenvalue weighted by molar-refractivity contribution is 5.88. The van der Waals surface area contributed by atoms with Crippen LogP contribution in [0.3, 0.4) is 0 Å². The van der Waals surface area contributed by atoms with Crippen molar-refractivity contribution in [1.82, 2.24) is 5.32 Å². The Kier molecular flexibility index (Phi) is 6.95. The first-order chi connectivity index (χ1) is 11.5. The second kappa shape index (κ2) is 8.02. The van der Waals surface area contributed by atoms with E-state index in [1.54, 1.807) is 6.07 Å². The summed E-state index contributed by atoms with van der Waals surface area (Å²) in [6.07, 6.45) is -4.56. The van der Waals surface area contributed by atoms with Crippen molar-refractivity contribution in [3.05, 3.63) is 29.8 Å². The molecule has 0 bridgehead atoms. The first-order valence-corrected chi connectivity index (χ1v) is 8.03. The zero-order valence-electron chi connectivity index (χ0n) is 14.9. The molecule has 1 aromatic rings. The molecule has 2 rings (SSSR count). The van der Waals surface area contributed by atoms with E-state index in [2.05, 4.69) is 10.1 Å². The van der Waals surface area contributed by atoms with Gasteiger partial charge in [0, 0.05) is 30.6 Å². The van der Waals surface area contributed by atoms with Crippen LogP contribution in [-0.2, 0) is 16.1 Å². The lowest BCUT2D eigenvalue weighted by Gasteiger charge is -2.57. The average molecular weight is 397 g/mol. The maximum absolute atomic E-state index is 12.5. The lowest BCUT2D eigenvalue weighted by atomic mass is 9.54. The summed E-state index contributed by atoms with van der Waals surface area (Å²) in [5.41, 5.74) is 4.76. The molecule has 26 heavy (non-hydrogen) atoms. The van der Waals surface area contributed by atoms with E-state index in [1.807, 2.05) is 20.8 Å². The Bertz CT molecular complexity index is 640. The molecule has 0 saturated heterocycles. The van der Waals surface area contributed by atoms with Gasteiger partial charge in [-0.3, -0.25) is 4.79 Å². The molecule has 0 aliphatic heterocycles. The Hall–Kier alpha value is -1.51. The summed E-state index contributed by atoms with van der Waals surface area (Å²) in [5.74, 6) is -0.767. The highest BCUT2D eigenvalue weighted by atomic mass is 35.5. The summed E-state index contributed by atoms with van der Waals surface area (Å²) >= 11 is 0. The molecule has 2 unspecified atom stereocenters. The van der Waals surface area contributed by atoms with Crippen LogP contribution in [0.2, 0.25) is 0 Å². The molecule has 0 spiro atoms. The number of carbonyl (C=O) groups is 1. The normalized spacial score (nSPS) is 24.2. The van der Waals surface area contributed by atoms with Crippen molar-refractivity contribution in [1.29, 1.82) is 0 Å². The fourth-order valence-corrected chi connectivity index (χ4v) is 3.03. The Morgan fingerprint density at radius 3 is 2.50 bits per heavy atom. The van der Waals surface area contributed by atoms with Crippen molar-refractivity contribution < 1.29 is 27.4 Å². The number of nitrogens with one attached hydrogen (secondary N) is 1. The van der Waals surface area contributed by atoms with Gasteiger partial charge in [-0.15, -0.1) is 25.6 Å². The van der Waals surface area contributed by atoms with Crippen LogP contribution in [0.1, 0.15) is 32.8 Å². The quantitative estimate of drug-likeness (QED) is 0.774. The fraction of sp³-hybridized carbons (Fsp3) is 0.588. The summed E-state index contributed by atoms with van der Waals surface area (Å²) in [4.78, 5) is 12.5. The molecular weight excluding hydrogens is 373 g/mol. The third-order valence-electron chi connectivity index (χ3n) is 4.87. The van der Waals surface area contributed by atoms with Crippen LogP contribution in [0.4, 0.5) is 13.2 Å². The van der Waals surface area contributed by atoms with E-state index in [1.165, 1.54) is 18.2 Å². The van der Waals surface area contributed by atoms with E-state index >= 15 is 0 Å². The number of amides is 1. The van der Waals surface area contributed by atoms with Crippen molar-refractivity contribution in [2.75, 3.05) is 6.61 Å². The molecule has 1 amide bonds. The molecule has 1 aliphatic carbocycles. The van der Waals surface area contributed by atoms with E-state index in [4.69, 9.17) is 10.5 Å². The van der Waals surface area contributed by atoms with Crippen molar-refractivity contribution in [3.8, 4) is 5.75 Å². The van der Waals surface area contributed by atoms with Crippen molar-refractivity contribution in [3.63, 3.8) is 0 Å². The van der Waals surface area contributed by atoms with Gasteiger partial charge in [-0.2, -0.15) is 0 Å². The molecule has 2 atom stereocenters. The van der Waals surface area contributed by atoms with Gasteiger partial charge in [0.15, 0.2) is 0 Å². The zero-order valence-corrected chi connectivity index (χ0v) is 15.7. The number of benzene rings is 1. The topological polar surface area (TPSA) is 73.6 Å². The Morgan fingerprint density at radius 2 is 1.96 bits per heavy atom. The minimum absolute atomic E-state index is 0. The van der Waals surface area contributed by atoms with Crippen molar-refractivity contribution in [2.45, 2.75) is 51.7 Å². The van der Waals surface area contributed by atoms with Gasteiger partial charge < -0.3 is 20.5 Å². The number of rotatable bonds is 6.